The molecule has 0 spiro atoms. The normalized spacial score (nSPS) is 14.3. The number of ether oxygens (including phenoxy) is 1. The third kappa shape index (κ3) is 3.95. The van der Waals surface area contributed by atoms with Gasteiger partial charge in [0.05, 0.1) is 7.11 Å². The third-order valence-corrected chi connectivity index (χ3v) is 4.69. The zero-order valence-electron chi connectivity index (χ0n) is 11.1. The van der Waals surface area contributed by atoms with Gasteiger partial charge in [0.15, 0.2) is 5.25 Å². The number of sulfonamides is 1. The van der Waals surface area contributed by atoms with Crippen LogP contribution in [-0.2, 0) is 24.3 Å². The van der Waals surface area contributed by atoms with Crippen LogP contribution in [0.25, 0.3) is 0 Å². The highest BCUT2D eigenvalue weighted by Crippen LogP contribution is 2.21. The van der Waals surface area contributed by atoms with Gasteiger partial charge >= 0.3 is 11.9 Å². The zero-order valence-corrected chi connectivity index (χ0v) is 11.9. The van der Waals surface area contributed by atoms with E-state index in [9.17, 15) is 18.0 Å². The minimum atomic E-state index is -4.09. The van der Waals surface area contributed by atoms with E-state index in [0.717, 1.165) is 11.4 Å². The molecule has 0 aromatic carbocycles. The number of rotatable bonds is 5. The number of hydrogen-bond donors (Lipinski definition) is 1. The van der Waals surface area contributed by atoms with E-state index in [4.69, 9.17) is 5.11 Å². The fourth-order valence-corrected chi connectivity index (χ4v) is 3.09. The summed E-state index contributed by atoms with van der Waals surface area (Å²) in [6.07, 6.45) is 0. The predicted octanol–water partition coefficient (Wildman–Crippen LogP) is 0.0628. The number of carbonyl (C=O) groups excluding carboxylic acids is 1. The van der Waals surface area contributed by atoms with Gasteiger partial charge in [0.1, 0.15) is 6.54 Å². The Hall–Kier alpha value is -1.15. The lowest BCUT2D eigenvalue weighted by atomic mass is 10.1. The topological polar surface area (TPSA) is 101 Å². The van der Waals surface area contributed by atoms with Crippen LogP contribution >= 0.6 is 0 Å². The monoisotopic (exact) mass is 281 g/mol. The first-order valence-corrected chi connectivity index (χ1v) is 6.76. The molecule has 0 aliphatic heterocycles. The molecule has 18 heavy (non-hydrogen) atoms. The summed E-state index contributed by atoms with van der Waals surface area (Å²) in [5.74, 6) is -2.21. The van der Waals surface area contributed by atoms with Gasteiger partial charge in [-0.15, -0.1) is 0 Å². The number of aliphatic carboxylic acids is 1. The maximum Gasteiger partial charge on any atom is 0.325 e. The van der Waals surface area contributed by atoms with Crippen molar-refractivity contribution in [3.63, 3.8) is 0 Å². The number of methoxy groups -OCH3 is 1. The van der Waals surface area contributed by atoms with Gasteiger partial charge in [0.25, 0.3) is 0 Å². The molecule has 7 nitrogen and oxygen atoms in total. The molecule has 0 rings (SSSR count). The molecule has 0 saturated carbocycles. The van der Waals surface area contributed by atoms with E-state index in [-0.39, 0.29) is 0 Å². The maximum atomic E-state index is 12.2. The van der Waals surface area contributed by atoms with Gasteiger partial charge in [-0.2, -0.15) is 4.31 Å². The van der Waals surface area contributed by atoms with E-state index in [1.807, 2.05) is 0 Å². The molecule has 0 aromatic heterocycles. The summed E-state index contributed by atoms with van der Waals surface area (Å²) in [6.45, 7) is 5.13. The molecule has 0 bridgehead atoms. The summed E-state index contributed by atoms with van der Waals surface area (Å²) in [5.41, 5.74) is -0.945. The molecule has 0 fully saturated rings. The fraction of sp³-hybridized carbons (Fsp3) is 0.800. The van der Waals surface area contributed by atoms with Gasteiger partial charge in [0, 0.05) is 5.54 Å². The number of carbonyl (C=O) groups is 2. The second-order valence-electron chi connectivity index (χ2n) is 4.78. The lowest BCUT2D eigenvalue weighted by Gasteiger charge is -2.34. The highest BCUT2D eigenvalue weighted by atomic mass is 32.2. The van der Waals surface area contributed by atoms with Crippen molar-refractivity contribution in [1.82, 2.24) is 4.31 Å². The summed E-state index contributed by atoms with van der Waals surface area (Å²) in [7, 11) is -3.01. The second kappa shape index (κ2) is 5.66. The Balaban J connectivity index is 5.48. The van der Waals surface area contributed by atoms with Crippen LogP contribution in [0.3, 0.4) is 0 Å². The molecular weight excluding hydrogens is 262 g/mol. The molecule has 8 heteroatoms. The van der Waals surface area contributed by atoms with Gasteiger partial charge in [-0.25, -0.2) is 8.42 Å². The Labute approximate surface area is 107 Å². The van der Waals surface area contributed by atoms with Crippen molar-refractivity contribution in [3.8, 4) is 0 Å². The summed E-state index contributed by atoms with van der Waals surface area (Å²) in [6, 6.07) is 0. The van der Waals surface area contributed by atoms with E-state index < -0.39 is 39.3 Å². The molecule has 0 radical (unpaired) electrons. The molecule has 0 amide bonds. The lowest BCUT2D eigenvalue weighted by Crippen LogP contribution is -2.52. The molecule has 0 aliphatic rings. The SMILES string of the molecule is COC(=O)C(C)S(=O)(=O)N(CC(=O)O)C(C)(C)C. The number of hydrogen-bond acceptors (Lipinski definition) is 5. The Kier molecular flexibility index (Phi) is 5.30. The standard InChI is InChI=1S/C10H19NO6S/c1-7(9(14)17-5)18(15,16)11(6-8(12)13)10(2,3)4/h7H,6H2,1-5H3,(H,12,13). The minimum Gasteiger partial charge on any atom is -0.480 e. The summed E-state index contributed by atoms with van der Waals surface area (Å²) in [4.78, 5) is 22.0. The van der Waals surface area contributed by atoms with E-state index in [0.29, 0.717) is 0 Å². The first-order chi connectivity index (χ1) is 7.94. The molecule has 1 N–H and O–H groups in total. The molecule has 1 atom stereocenters. The van der Waals surface area contributed by atoms with E-state index in [1.54, 1.807) is 20.8 Å². The van der Waals surface area contributed by atoms with Crippen molar-refractivity contribution < 1.29 is 27.9 Å². The van der Waals surface area contributed by atoms with Crippen LogP contribution in [-0.4, -0.2) is 54.2 Å². The Morgan fingerprint density at radius 2 is 1.78 bits per heavy atom. The van der Waals surface area contributed by atoms with Gasteiger partial charge in [-0.1, -0.05) is 0 Å². The highest BCUT2D eigenvalue weighted by Gasteiger charge is 2.41. The largest absolute Gasteiger partial charge is 0.480 e. The van der Waals surface area contributed by atoms with Crippen LogP contribution < -0.4 is 0 Å². The summed E-state index contributed by atoms with van der Waals surface area (Å²) < 4.78 is 29.5. The van der Waals surface area contributed by atoms with Crippen molar-refractivity contribution in [1.29, 1.82) is 0 Å². The van der Waals surface area contributed by atoms with Crippen LogP contribution in [0.15, 0.2) is 0 Å². The van der Waals surface area contributed by atoms with Crippen molar-refractivity contribution in [2.75, 3.05) is 13.7 Å². The summed E-state index contributed by atoms with van der Waals surface area (Å²) in [5, 5.41) is 7.32. The molecule has 0 aromatic rings. The zero-order chi connectivity index (χ0) is 14.7. The van der Waals surface area contributed by atoms with E-state index in [2.05, 4.69) is 4.74 Å². The average Bonchev–Trinajstić information content (AvgIpc) is 2.21. The Morgan fingerprint density at radius 3 is 2.06 bits per heavy atom. The van der Waals surface area contributed by atoms with Crippen molar-refractivity contribution >= 4 is 22.0 Å². The first kappa shape index (κ1) is 16.9. The van der Waals surface area contributed by atoms with Crippen LogP contribution in [0.4, 0.5) is 0 Å². The number of esters is 1. The van der Waals surface area contributed by atoms with Crippen LogP contribution in [0.2, 0.25) is 0 Å². The quantitative estimate of drug-likeness (QED) is 0.715. The molecular formula is C10H19NO6S. The van der Waals surface area contributed by atoms with Gasteiger partial charge in [-0.3, -0.25) is 9.59 Å². The molecule has 0 saturated heterocycles. The smallest absolute Gasteiger partial charge is 0.325 e. The third-order valence-electron chi connectivity index (χ3n) is 2.31. The Bertz CT molecular complexity index is 422. The van der Waals surface area contributed by atoms with Gasteiger partial charge < -0.3 is 9.84 Å². The highest BCUT2D eigenvalue weighted by molar-refractivity contribution is 7.90. The van der Waals surface area contributed by atoms with E-state index >= 15 is 0 Å². The first-order valence-electron chi connectivity index (χ1n) is 5.26. The van der Waals surface area contributed by atoms with Gasteiger partial charge in [-0.05, 0) is 27.7 Å². The number of nitrogens with zero attached hydrogens (tertiary/aromatic N) is 1. The van der Waals surface area contributed by atoms with Crippen LogP contribution in [0.1, 0.15) is 27.7 Å². The van der Waals surface area contributed by atoms with E-state index in [1.165, 1.54) is 6.92 Å². The second-order valence-corrected chi connectivity index (χ2v) is 6.96. The number of carboxylic acid groups (broad SMARTS) is 1. The van der Waals surface area contributed by atoms with Crippen molar-refractivity contribution in [2.45, 2.75) is 38.5 Å². The van der Waals surface area contributed by atoms with Crippen molar-refractivity contribution in [3.05, 3.63) is 0 Å². The number of carboxylic acids is 1. The maximum absolute atomic E-state index is 12.2. The molecule has 0 aliphatic carbocycles. The molecule has 106 valence electrons. The molecule has 1 unspecified atom stereocenters. The average molecular weight is 281 g/mol. The van der Waals surface area contributed by atoms with Crippen LogP contribution in [0.5, 0.6) is 0 Å². The molecule has 0 heterocycles. The summed E-state index contributed by atoms with van der Waals surface area (Å²) >= 11 is 0. The van der Waals surface area contributed by atoms with Gasteiger partial charge in [0.2, 0.25) is 10.0 Å². The predicted molar refractivity (Wildman–Crippen MR) is 64.5 cm³/mol. The minimum absolute atomic E-state index is 0.701. The van der Waals surface area contributed by atoms with Crippen molar-refractivity contribution in [2.24, 2.45) is 0 Å². The lowest BCUT2D eigenvalue weighted by molar-refractivity contribution is -0.140. The van der Waals surface area contributed by atoms with Crippen LogP contribution in [0, 0.1) is 0 Å². The Morgan fingerprint density at radius 1 is 1.33 bits per heavy atom. The fourth-order valence-electron chi connectivity index (χ4n) is 1.31.